The third-order valence-electron chi connectivity index (χ3n) is 8.35. The molecule has 0 aliphatic carbocycles. The number of aromatic nitrogens is 4. The van der Waals surface area contributed by atoms with Crippen molar-refractivity contribution in [1.29, 1.82) is 5.26 Å². The first-order chi connectivity index (χ1) is 23.5. The van der Waals surface area contributed by atoms with Crippen LogP contribution in [-0.2, 0) is 12.8 Å². The number of halogens is 1. The summed E-state index contributed by atoms with van der Waals surface area (Å²) in [6.45, 7) is 9.59. The molecule has 5 rings (SSSR count). The van der Waals surface area contributed by atoms with Gasteiger partial charge in [0.15, 0.2) is 0 Å². The molecule has 0 aliphatic heterocycles. The summed E-state index contributed by atoms with van der Waals surface area (Å²) in [7, 11) is -1.58. The second-order valence-corrected chi connectivity index (χ2v) is 11.9. The molecule has 9 nitrogen and oxygen atoms in total. The molecule has 2 aromatic carbocycles. The second kappa shape index (κ2) is 16.8. The van der Waals surface area contributed by atoms with Crippen LogP contribution in [0.25, 0.3) is 11.1 Å². The van der Waals surface area contributed by atoms with Gasteiger partial charge in [-0.05, 0) is 74.6 Å². The first-order valence-electron chi connectivity index (χ1n) is 16.3. The number of aromatic hydroxyl groups is 1. The second-order valence-electron chi connectivity index (χ2n) is 11.9. The fourth-order valence-electron chi connectivity index (χ4n) is 5.78. The molecule has 0 spiro atoms. The lowest BCUT2D eigenvalue weighted by atomic mass is 9.79. The van der Waals surface area contributed by atoms with Gasteiger partial charge in [-0.25, -0.2) is 4.98 Å². The molecule has 252 valence electrons. The van der Waals surface area contributed by atoms with Crippen molar-refractivity contribution in [2.45, 2.75) is 72.8 Å². The first kappa shape index (κ1) is 36.7. The first-order valence-corrected chi connectivity index (χ1v) is 16.3. The van der Waals surface area contributed by atoms with Crippen molar-refractivity contribution in [3.63, 3.8) is 0 Å². The molecule has 0 unspecified atom stereocenters. The van der Waals surface area contributed by atoms with Crippen molar-refractivity contribution in [3.05, 3.63) is 134 Å². The summed E-state index contributed by atoms with van der Waals surface area (Å²) in [5, 5.41) is 37.7. The van der Waals surface area contributed by atoms with Crippen molar-refractivity contribution in [3.8, 4) is 23.1 Å². The normalized spacial score (nSPS) is 11.3. The molecular formula is C38H41BFN5O4. The van der Waals surface area contributed by atoms with Gasteiger partial charge in [0.2, 0.25) is 11.8 Å². The average molecular weight is 662 g/mol. The van der Waals surface area contributed by atoms with E-state index < -0.39 is 13.1 Å². The molecule has 0 saturated heterocycles. The highest BCUT2D eigenvalue weighted by Crippen LogP contribution is 2.27. The van der Waals surface area contributed by atoms with Gasteiger partial charge in [0.1, 0.15) is 5.82 Å². The van der Waals surface area contributed by atoms with Gasteiger partial charge in [-0.3, -0.25) is 14.3 Å². The predicted octanol–water partition coefficient (Wildman–Crippen LogP) is 5.64. The molecule has 1 atom stereocenters. The van der Waals surface area contributed by atoms with Gasteiger partial charge in [0, 0.05) is 40.9 Å². The number of unbranched alkanes of at least 4 members (excludes halogenated alkanes) is 1. The Labute approximate surface area is 286 Å². The topological polar surface area (TPSA) is 145 Å². The van der Waals surface area contributed by atoms with Crippen LogP contribution >= 0.6 is 0 Å². The lowest BCUT2D eigenvalue weighted by molar-refractivity contribution is 0.420. The van der Waals surface area contributed by atoms with Gasteiger partial charge in [0.05, 0.1) is 23.2 Å². The van der Waals surface area contributed by atoms with E-state index in [2.05, 4.69) is 34.0 Å². The average Bonchev–Trinajstić information content (AvgIpc) is 3.07. The van der Waals surface area contributed by atoms with Gasteiger partial charge in [-0.2, -0.15) is 14.6 Å². The minimum Gasteiger partial charge on any atom is -0.493 e. The molecule has 3 N–H and O–H groups in total. The van der Waals surface area contributed by atoms with E-state index in [1.54, 1.807) is 10.6 Å². The van der Waals surface area contributed by atoms with E-state index in [9.17, 15) is 19.6 Å². The zero-order chi connectivity index (χ0) is 35.7. The summed E-state index contributed by atoms with van der Waals surface area (Å²) in [5.41, 5.74) is 6.98. The highest BCUT2D eigenvalue weighted by Gasteiger charge is 2.23. The fourth-order valence-corrected chi connectivity index (χ4v) is 5.78. The number of pyridine rings is 2. The van der Waals surface area contributed by atoms with E-state index in [1.807, 2.05) is 69.3 Å². The van der Waals surface area contributed by atoms with Crippen LogP contribution in [-0.4, -0.2) is 41.8 Å². The number of aryl methyl sites for hydroxylation is 4. The Morgan fingerprint density at radius 3 is 2.29 bits per heavy atom. The van der Waals surface area contributed by atoms with E-state index in [0.29, 0.717) is 29.9 Å². The van der Waals surface area contributed by atoms with Crippen molar-refractivity contribution in [2.24, 2.45) is 0 Å². The zero-order valence-corrected chi connectivity index (χ0v) is 28.5. The van der Waals surface area contributed by atoms with E-state index in [0.717, 1.165) is 52.5 Å². The van der Waals surface area contributed by atoms with Crippen LogP contribution in [0.15, 0.2) is 77.6 Å². The van der Waals surface area contributed by atoms with Crippen LogP contribution in [0, 0.1) is 38.1 Å². The van der Waals surface area contributed by atoms with Crippen molar-refractivity contribution in [2.75, 3.05) is 0 Å². The lowest BCUT2D eigenvalue weighted by Crippen LogP contribution is -2.32. The van der Waals surface area contributed by atoms with Crippen LogP contribution in [0.3, 0.4) is 0 Å². The molecule has 5 aromatic rings. The number of nitriles is 1. The standard InChI is InChI=1S/C32H34N4O2.C6H7BFNO2/c1-5-7-11-30-35-31(37)28(32(38)36(30)29(6-2)26-10-8-9-24(18-26)20-33)19-23-13-15-25(16-14-23)27-17-12-21(3)34-22(27)4;1-4-5(7(10)11)2-3-6(8)9-4/h8-10,12-18,29,37H,5-7,11,19H2,1-4H3;2-3,10-11H,1H3/t29-;/m0./s1. The summed E-state index contributed by atoms with van der Waals surface area (Å²) in [6.07, 6.45) is 3.31. The van der Waals surface area contributed by atoms with Gasteiger partial charge in [-0.15, -0.1) is 0 Å². The molecule has 0 bridgehead atoms. The molecule has 0 fully saturated rings. The molecule has 3 aromatic heterocycles. The molecule has 0 radical (unpaired) electrons. The number of rotatable bonds is 10. The summed E-state index contributed by atoms with van der Waals surface area (Å²) in [5.74, 6) is -0.252. The number of nitrogens with zero attached hydrogens (tertiary/aromatic N) is 5. The largest absolute Gasteiger partial charge is 0.493 e. The molecule has 11 heteroatoms. The molecule has 3 heterocycles. The van der Waals surface area contributed by atoms with Gasteiger partial charge in [-0.1, -0.05) is 68.8 Å². The van der Waals surface area contributed by atoms with Gasteiger partial charge >= 0.3 is 7.12 Å². The van der Waals surface area contributed by atoms with Gasteiger partial charge < -0.3 is 15.2 Å². The monoisotopic (exact) mass is 661 g/mol. The quantitative estimate of drug-likeness (QED) is 0.129. The van der Waals surface area contributed by atoms with Crippen LogP contribution in [0.2, 0.25) is 0 Å². The van der Waals surface area contributed by atoms with Crippen molar-refractivity contribution < 1.29 is 19.5 Å². The number of hydrogen-bond acceptors (Lipinski definition) is 8. The van der Waals surface area contributed by atoms with E-state index in [1.165, 1.54) is 13.0 Å². The fraction of sp³-hybridized carbons (Fsp3) is 0.289. The third-order valence-corrected chi connectivity index (χ3v) is 8.35. The number of benzene rings is 2. The maximum atomic E-state index is 14.0. The summed E-state index contributed by atoms with van der Waals surface area (Å²) in [6, 6.07) is 23.7. The number of hydrogen-bond donors (Lipinski definition) is 3. The SMILES string of the molecule is CCCCc1nc(O)c(Cc2ccc(-c3ccc(C)nc3C)cc2)c(=O)n1[C@@H](CC)c1cccc(C#N)c1.Cc1nc(F)ccc1B(O)O. The third kappa shape index (κ3) is 9.05. The minimum atomic E-state index is -1.58. The predicted molar refractivity (Wildman–Crippen MR) is 189 cm³/mol. The molecular weight excluding hydrogens is 620 g/mol. The molecule has 0 saturated carbocycles. The van der Waals surface area contributed by atoms with E-state index in [-0.39, 0.29) is 34.9 Å². The lowest BCUT2D eigenvalue weighted by Gasteiger charge is -2.23. The van der Waals surface area contributed by atoms with Crippen molar-refractivity contribution >= 4 is 12.6 Å². The smallest absolute Gasteiger partial charge is 0.490 e. The Kier molecular flexibility index (Phi) is 12.6. The van der Waals surface area contributed by atoms with E-state index in [4.69, 9.17) is 10.0 Å². The Bertz CT molecular complexity index is 2010. The van der Waals surface area contributed by atoms with Gasteiger partial charge in [0.25, 0.3) is 5.56 Å². The van der Waals surface area contributed by atoms with E-state index >= 15 is 0 Å². The Morgan fingerprint density at radius 1 is 0.939 bits per heavy atom. The highest BCUT2D eigenvalue weighted by atomic mass is 19.1. The van der Waals surface area contributed by atoms with Crippen molar-refractivity contribution in [1.82, 2.24) is 19.5 Å². The Hall–Kier alpha value is -5.18. The molecule has 49 heavy (non-hydrogen) atoms. The van der Waals surface area contributed by atoms with Crippen LogP contribution in [0.1, 0.15) is 84.3 Å². The summed E-state index contributed by atoms with van der Waals surface area (Å²) < 4.78 is 14.1. The van der Waals surface area contributed by atoms with Crippen LogP contribution in [0.5, 0.6) is 5.88 Å². The molecule has 0 amide bonds. The Morgan fingerprint density at radius 2 is 1.67 bits per heavy atom. The minimum absolute atomic E-state index is 0.208. The summed E-state index contributed by atoms with van der Waals surface area (Å²) >= 11 is 0. The Balaban J connectivity index is 0.000000418. The summed E-state index contributed by atoms with van der Waals surface area (Å²) in [4.78, 5) is 26.5. The van der Waals surface area contributed by atoms with Crippen LogP contribution in [0.4, 0.5) is 4.39 Å². The zero-order valence-electron chi connectivity index (χ0n) is 28.5. The molecule has 0 aliphatic rings. The highest BCUT2D eigenvalue weighted by molar-refractivity contribution is 6.59. The maximum absolute atomic E-state index is 14.0. The van der Waals surface area contributed by atoms with Crippen LogP contribution < -0.4 is 11.0 Å². The maximum Gasteiger partial charge on any atom is 0.490 e.